The number of nitrogens with zero attached hydrogens (tertiary/aromatic N) is 1. The van der Waals surface area contributed by atoms with Gasteiger partial charge in [-0.15, -0.1) is 0 Å². The van der Waals surface area contributed by atoms with Gasteiger partial charge in [-0.05, 0) is 57.1 Å². The molecule has 2 rings (SSSR count). The van der Waals surface area contributed by atoms with Crippen LogP contribution in [0, 0.1) is 18.7 Å². The molecule has 1 saturated heterocycles. The third kappa shape index (κ3) is 4.02. The van der Waals surface area contributed by atoms with Crippen molar-refractivity contribution in [2.24, 2.45) is 5.92 Å². The van der Waals surface area contributed by atoms with Gasteiger partial charge < -0.3 is 10.6 Å². The molecule has 1 heterocycles. The van der Waals surface area contributed by atoms with E-state index in [-0.39, 0.29) is 11.7 Å². The van der Waals surface area contributed by atoms with E-state index in [0.717, 1.165) is 26.1 Å². The highest BCUT2D eigenvalue weighted by atomic mass is 19.1. The Morgan fingerprint density at radius 1 is 1.50 bits per heavy atom. The molecular formula is C15H22FN3O. The maximum Gasteiger partial charge on any atom is 0.238 e. The SMILES string of the molecule is CNCC1CCN(CC(=O)Nc2ccc(C)c(F)c2)C1. The fourth-order valence-corrected chi connectivity index (χ4v) is 2.59. The van der Waals surface area contributed by atoms with Crippen LogP contribution in [0.3, 0.4) is 0 Å². The zero-order valence-electron chi connectivity index (χ0n) is 12.1. The lowest BCUT2D eigenvalue weighted by atomic mass is 10.1. The average Bonchev–Trinajstić information content (AvgIpc) is 2.81. The second-order valence-corrected chi connectivity index (χ2v) is 5.46. The van der Waals surface area contributed by atoms with E-state index in [1.54, 1.807) is 19.1 Å². The molecule has 110 valence electrons. The van der Waals surface area contributed by atoms with Gasteiger partial charge in [0.1, 0.15) is 5.82 Å². The summed E-state index contributed by atoms with van der Waals surface area (Å²) in [5.74, 6) is 0.237. The van der Waals surface area contributed by atoms with E-state index in [0.29, 0.717) is 23.7 Å². The second kappa shape index (κ2) is 6.81. The van der Waals surface area contributed by atoms with Crippen molar-refractivity contribution in [3.05, 3.63) is 29.6 Å². The van der Waals surface area contributed by atoms with E-state index >= 15 is 0 Å². The van der Waals surface area contributed by atoms with Crippen LogP contribution >= 0.6 is 0 Å². The molecule has 0 spiro atoms. The normalized spacial score (nSPS) is 19.2. The minimum atomic E-state index is -0.293. The van der Waals surface area contributed by atoms with Crippen LogP contribution in [0.1, 0.15) is 12.0 Å². The molecule has 0 aliphatic carbocycles. The van der Waals surface area contributed by atoms with Crippen LogP contribution in [-0.2, 0) is 4.79 Å². The van der Waals surface area contributed by atoms with Gasteiger partial charge in [0.25, 0.3) is 0 Å². The number of nitrogens with one attached hydrogen (secondary N) is 2. The maximum absolute atomic E-state index is 13.4. The Balaban J connectivity index is 1.82. The summed E-state index contributed by atoms with van der Waals surface area (Å²) in [7, 11) is 1.95. The van der Waals surface area contributed by atoms with Gasteiger partial charge >= 0.3 is 0 Å². The number of halogens is 1. The van der Waals surface area contributed by atoms with Crippen molar-refractivity contribution < 1.29 is 9.18 Å². The molecule has 1 aliphatic heterocycles. The Morgan fingerprint density at radius 3 is 3.00 bits per heavy atom. The molecule has 1 atom stereocenters. The van der Waals surface area contributed by atoms with Gasteiger partial charge in [-0.25, -0.2) is 4.39 Å². The number of benzene rings is 1. The smallest absolute Gasteiger partial charge is 0.238 e. The van der Waals surface area contributed by atoms with Crippen LogP contribution in [0.5, 0.6) is 0 Å². The van der Waals surface area contributed by atoms with E-state index in [1.165, 1.54) is 6.07 Å². The highest BCUT2D eigenvalue weighted by Crippen LogP contribution is 2.16. The lowest BCUT2D eigenvalue weighted by molar-refractivity contribution is -0.117. The Morgan fingerprint density at radius 2 is 2.30 bits per heavy atom. The summed E-state index contributed by atoms with van der Waals surface area (Å²) in [5.41, 5.74) is 1.10. The zero-order valence-corrected chi connectivity index (χ0v) is 12.1. The predicted molar refractivity (Wildman–Crippen MR) is 78.2 cm³/mol. The van der Waals surface area contributed by atoms with E-state index in [2.05, 4.69) is 15.5 Å². The molecular weight excluding hydrogens is 257 g/mol. The summed E-state index contributed by atoms with van der Waals surface area (Å²) in [6.45, 7) is 4.95. The third-order valence-corrected chi connectivity index (χ3v) is 3.69. The molecule has 1 unspecified atom stereocenters. The number of carbonyl (C=O) groups is 1. The fraction of sp³-hybridized carbons (Fsp3) is 0.533. The number of rotatable bonds is 5. The molecule has 4 nitrogen and oxygen atoms in total. The van der Waals surface area contributed by atoms with Crippen molar-refractivity contribution >= 4 is 11.6 Å². The molecule has 20 heavy (non-hydrogen) atoms. The average molecular weight is 279 g/mol. The van der Waals surface area contributed by atoms with Gasteiger partial charge in [-0.2, -0.15) is 0 Å². The van der Waals surface area contributed by atoms with E-state index in [9.17, 15) is 9.18 Å². The minimum absolute atomic E-state index is 0.0849. The van der Waals surface area contributed by atoms with Crippen LogP contribution in [-0.4, -0.2) is 44.0 Å². The van der Waals surface area contributed by atoms with Gasteiger partial charge in [-0.1, -0.05) is 6.07 Å². The summed E-state index contributed by atoms with van der Waals surface area (Å²) in [5, 5.41) is 5.91. The Hall–Kier alpha value is -1.46. The number of hydrogen-bond donors (Lipinski definition) is 2. The second-order valence-electron chi connectivity index (χ2n) is 5.46. The first-order valence-corrected chi connectivity index (χ1v) is 7.01. The molecule has 2 N–H and O–H groups in total. The number of carbonyl (C=O) groups excluding carboxylic acids is 1. The first-order chi connectivity index (χ1) is 9.58. The first kappa shape index (κ1) is 14.9. The summed E-state index contributed by atoms with van der Waals surface area (Å²) >= 11 is 0. The monoisotopic (exact) mass is 279 g/mol. The lowest BCUT2D eigenvalue weighted by Gasteiger charge is -2.15. The predicted octanol–water partition coefficient (Wildman–Crippen LogP) is 1.61. The number of anilines is 1. The molecule has 1 amide bonds. The summed E-state index contributed by atoms with van der Waals surface area (Å²) in [6, 6.07) is 4.76. The summed E-state index contributed by atoms with van der Waals surface area (Å²) < 4.78 is 13.4. The molecule has 0 radical (unpaired) electrons. The van der Waals surface area contributed by atoms with Crippen molar-refractivity contribution in [2.45, 2.75) is 13.3 Å². The third-order valence-electron chi connectivity index (χ3n) is 3.69. The van der Waals surface area contributed by atoms with Crippen LogP contribution in [0.4, 0.5) is 10.1 Å². The molecule has 0 bridgehead atoms. The molecule has 0 saturated carbocycles. The topological polar surface area (TPSA) is 44.4 Å². The molecule has 1 aliphatic rings. The fourth-order valence-electron chi connectivity index (χ4n) is 2.59. The highest BCUT2D eigenvalue weighted by Gasteiger charge is 2.23. The van der Waals surface area contributed by atoms with E-state index < -0.39 is 0 Å². The Kier molecular flexibility index (Phi) is 5.09. The van der Waals surface area contributed by atoms with Crippen molar-refractivity contribution in [3.8, 4) is 0 Å². The van der Waals surface area contributed by atoms with Crippen LogP contribution < -0.4 is 10.6 Å². The first-order valence-electron chi connectivity index (χ1n) is 7.01. The number of amides is 1. The van der Waals surface area contributed by atoms with Crippen LogP contribution in [0.15, 0.2) is 18.2 Å². The van der Waals surface area contributed by atoms with Gasteiger partial charge in [-0.3, -0.25) is 9.69 Å². The Bertz CT molecular complexity index is 478. The highest BCUT2D eigenvalue weighted by molar-refractivity contribution is 5.92. The summed E-state index contributed by atoms with van der Waals surface area (Å²) in [6.07, 6.45) is 1.12. The maximum atomic E-state index is 13.4. The zero-order chi connectivity index (χ0) is 14.5. The number of aryl methyl sites for hydroxylation is 1. The van der Waals surface area contributed by atoms with E-state index in [4.69, 9.17) is 0 Å². The van der Waals surface area contributed by atoms with Crippen molar-refractivity contribution in [1.82, 2.24) is 10.2 Å². The van der Waals surface area contributed by atoms with Gasteiger partial charge in [0.2, 0.25) is 5.91 Å². The number of likely N-dealkylation sites (tertiary alicyclic amines) is 1. The molecule has 5 heteroatoms. The summed E-state index contributed by atoms with van der Waals surface area (Å²) in [4.78, 5) is 14.1. The van der Waals surface area contributed by atoms with Crippen molar-refractivity contribution in [1.29, 1.82) is 0 Å². The van der Waals surface area contributed by atoms with E-state index in [1.807, 2.05) is 7.05 Å². The number of hydrogen-bond acceptors (Lipinski definition) is 3. The minimum Gasteiger partial charge on any atom is -0.325 e. The quantitative estimate of drug-likeness (QED) is 0.861. The van der Waals surface area contributed by atoms with Gasteiger partial charge in [0.05, 0.1) is 6.54 Å². The van der Waals surface area contributed by atoms with Gasteiger partial charge in [0.15, 0.2) is 0 Å². The lowest BCUT2D eigenvalue weighted by Crippen LogP contribution is -2.32. The molecule has 1 aromatic carbocycles. The molecule has 1 aromatic rings. The van der Waals surface area contributed by atoms with Crippen molar-refractivity contribution in [2.75, 3.05) is 38.5 Å². The van der Waals surface area contributed by atoms with Crippen LogP contribution in [0.2, 0.25) is 0 Å². The molecule has 0 aromatic heterocycles. The standard InChI is InChI=1S/C15H22FN3O/c1-11-3-4-13(7-14(11)16)18-15(20)10-19-6-5-12(9-19)8-17-2/h3-4,7,12,17H,5-6,8-10H2,1-2H3,(H,18,20). The van der Waals surface area contributed by atoms with Crippen LogP contribution in [0.25, 0.3) is 0 Å². The Labute approximate surface area is 119 Å². The largest absolute Gasteiger partial charge is 0.325 e. The van der Waals surface area contributed by atoms with Crippen molar-refractivity contribution in [3.63, 3.8) is 0 Å². The van der Waals surface area contributed by atoms with Gasteiger partial charge in [0, 0.05) is 12.2 Å². The molecule has 1 fully saturated rings.